The molecule has 0 aromatic carbocycles. The van der Waals surface area contributed by atoms with Crippen molar-refractivity contribution in [3.05, 3.63) is 0 Å². The maximum atomic E-state index is 12.4. The van der Waals surface area contributed by atoms with Gasteiger partial charge in [0.1, 0.15) is 0 Å². The number of carbonyl (C=O) groups excluding carboxylic acids is 6. The minimum Gasteiger partial charge on any atom is -0.356 e. The fraction of sp³-hybridized carbons (Fsp3) is 0.786. The molecular formula is C28H46N4O6S2. The standard InChI is InChI=1S/C28H46N4O6S2/c1-19(2)20(30-24(34)13-6-4-10-16-40-22-18-26(36)32-28(22)38)11-7-8-14-29-23(33)12-5-3-9-15-39-21-17-25(35)31-27(21)37/h19-22H,3-18H2,1-2H3,(H,29,33)(H,30,34)(H,31,35,37)(H,32,36,38). The molecule has 2 aliphatic heterocycles. The number of amides is 6. The van der Waals surface area contributed by atoms with Crippen molar-refractivity contribution in [3.8, 4) is 0 Å². The van der Waals surface area contributed by atoms with Crippen LogP contribution in [0.5, 0.6) is 0 Å². The molecule has 3 atom stereocenters. The molecule has 10 nitrogen and oxygen atoms in total. The van der Waals surface area contributed by atoms with Crippen molar-refractivity contribution in [2.75, 3.05) is 18.1 Å². The van der Waals surface area contributed by atoms with Gasteiger partial charge in [0.25, 0.3) is 0 Å². The summed E-state index contributed by atoms with van der Waals surface area (Å²) in [5, 5.41) is 10.3. The van der Waals surface area contributed by atoms with Gasteiger partial charge in [0.05, 0.1) is 10.5 Å². The lowest BCUT2D eigenvalue weighted by atomic mass is 9.98. The Bertz CT molecular complexity index is 885. The highest BCUT2D eigenvalue weighted by Gasteiger charge is 2.31. The Morgan fingerprint density at radius 2 is 1.27 bits per heavy atom. The molecular weight excluding hydrogens is 552 g/mol. The van der Waals surface area contributed by atoms with E-state index in [1.54, 1.807) is 0 Å². The number of carbonyl (C=O) groups is 6. The molecule has 6 amide bonds. The Morgan fingerprint density at radius 3 is 1.75 bits per heavy atom. The van der Waals surface area contributed by atoms with Gasteiger partial charge in [0.15, 0.2) is 0 Å². The summed E-state index contributed by atoms with van der Waals surface area (Å²) in [4.78, 5) is 70.0. The molecule has 2 fully saturated rings. The Morgan fingerprint density at radius 1 is 0.750 bits per heavy atom. The molecule has 2 heterocycles. The molecule has 0 radical (unpaired) electrons. The molecule has 2 saturated heterocycles. The van der Waals surface area contributed by atoms with Crippen molar-refractivity contribution >= 4 is 59.0 Å². The molecule has 4 N–H and O–H groups in total. The number of thioether (sulfide) groups is 2. The highest BCUT2D eigenvalue weighted by molar-refractivity contribution is 8.00. The molecule has 0 spiro atoms. The first-order valence-electron chi connectivity index (χ1n) is 14.6. The van der Waals surface area contributed by atoms with Crippen molar-refractivity contribution < 1.29 is 28.8 Å². The summed E-state index contributed by atoms with van der Waals surface area (Å²) < 4.78 is 0. The maximum Gasteiger partial charge on any atom is 0.240 e. The van der Waals surface area contributed by atoms with Crippen LogP contribution < -0.4 is 21.3 Å². The number of rotatable bonds is 21. The molecule has 226 valence electrons. The first kappa shape index (κ1) is 34.1. The van der Waals surface area contributed by atoms with Crippen LogP contribution in [0.15, 0.2) is 0 Å². The van der Waals surface area contributed by atoms with Gasteiger partial charge in [0, 0.05) is 38.3 Å². The minimum atomic E-state index is -0.264. The molecule has 0 aliphatic carbocycles. The van der Waals surface area contributed by atoms with Gasteiger partial charge in [0.2, 0.25) is 35.4 Å². The van der Waals surface area contributed by atoms with Crippen LogP contribution in [0.1, 0.15) is 97.3 Å². The van der Waals surface area contributed by atoms with E-state index in [4.69, 9.17) is 0 Å². The van der Waals surface area contributed by atoms with E-state index in [-0.39, 0.29) is 64.8 Å². The monoisotopic (exact) mass is 598 g/mol. The maximum absolute atomic E-state index is 12.4. The number of hydrogen-bond acceptors (Lipinski definition) is 8. The second-order valence-electron chi connectivity index (χ2n) is 10.8. The second kappa shape index (κ2) is 19.1. The normalized spacial score (nSPS) is 19.6. The summed E-state index contributed by atoms with van der Waals surface area (Å²) in [7, 11) is 0. The highest BCUT2D eigenvalue weighted by atomic mass is 32.2. The van der Waals surface area contributed by atoms with Gasteiger partial charge in [-0.3, -0.25) is 39.4 Å². The van der Waals surface area contributed by atoms with Crippen LogP contribution in [0.4, 0.5) is 0 Å². The molecule has 12 heteroatoms. The smallest absolute Gasteiger partial charge is 0.240 e. The molecule has 0 bridgehead atoms. The van der Waals surface area contributed by atoms with Crippen molar-refractivity contribution in [2.24, 2.45) is 5.92 Å². The lowest BCUT2D eigenvalue weighted by Gasteiger charge is -2.22. The third-order valence-corrected chi connectivity index (χ3v) is 9.62. The molecule has 0 aromatic rings. The van der Waals surface area contributed by atoms with E-state index in [0.717, 1.165) is 69.3 Å². The molecule has 3 unspecified atom stereocenters. The van der Waals surface area contributed by atoms with Crippen LogP contribution in [-0.4, -0.2) is 70.0 Å². The zero-order valence-corrected chi connectivity index (χ0v) is 25.5. The topological polar surface area (TPSA) is 151 Å². The summed E-state index contributed by atoms with van der Waals surface area (Å²) in [6.07, 6.45) is 9.45. The lowest BCUT2D eigenvalue weighted by molar-refractivity contribution is -0.126. The van der Waals surface area contributed by atoms with Gasteiger partial charge in [-0.2, -0.15) is 0 Å². The van der Waals surface area contributed by atoms with Crippen molar-refractivity contribution in [1.82, 2.24) is 21.3 Å². The Hall–Kier alpha value is -2.08. The predicted molar refractivity (Wildman–Crippen MR) is 159 cm³/mol. The first-order valence-corrected chi connectivity index (χ1v) is 16.7. The fourth-order valence-corrected chi connectivity index (χ4v) is 6.84. The number of unbranched alkanes of at least 4 members (excludes halogenated alkanes) is 5. The van der Waals surface area contributed by atoms with Gasteiger partial charge in [-0.1, -0.05) is 26.7 Å². The van der Waals surface area contributed by atoms with E-state index in [0.29, 0.717) is 25.3 Å². The third-order valence-electron chi connectivity index (χ3n) is 7.00. The molecule has 2 rings (SSSR count). The van der Waals surface area contributed by atoms with Gasteiger partial charge >= 0.3 is 0 Å². The number of imide groups is 2. The third kappa shape index (κ3) is 14.0. The molecule has 2 aliphatic rings. The Kier molecular flexibility index (Phi) is 16.3. The quantitative estimate of drug-likeness (QED) is 0.116. The van der Waals surface area contributed by atoms with Crippen LogP contribution >= 0.6 is 23.5 Å². The van der Waals surface area contributed by atoms with E-state index < -0.39 is 0 Å². The average molecular weight is 599 g/mol. The van der Waals surface area contributed by atoms with E-state index in [1.807, 2.05) is 0 Å². The van der Waals surface area contributed by atoms with Crippen LogP contribution in [0, 0.1) is 5.92 Å². The predicted octanol–water partition coefficient (Wildman–Crippen LogP) is 2.83. The summed E-state index contributed by atoms with van der Waals surface area (Å²) >= 11 is 3.03. The van der Waals surface area contributed by atoms with Crippen LogP contribution in [0.2, 0.25) is 0 Å². The molecule has 0 saturated carbocycles. The summed E-state index contributed by atoms with van der Waals surface area (Å²) in [6.45, 7) is 4.84. The van der Waals surface area contributed by atoms with Crippen molar-refractivity contribution in [2.45, 2.75) is 114 Å². The average Bonchev–Trinajstić information content (AvgIpc) is 3.39. The minimum absolute atomic E-state index is 0.0560. The highest BCUT2D eigenvalue weighted by Crippen LogP contribution is 2.22. The second-order valence-corrected chi connectivity index (χ2v) is 13.5. The molecule has 40 heavy (non-hydrogen) atoms. The molecule has 0 aromatic heterocycles. The van der Waals surface area contributed by atoms with Crippen LogP contribution in [-0.2, 0) is 28.8 Å². The SMILES string of the molecule is CC(C)C(CCCCNC(=O)CCCCCSC1CC(=O)NC1=O)NC(=O)CCCCCSC1CC(=O)NC1=O. The zero-order valence-electron chi connectivity index (χ0n) is 23.9. The van der Waals surface area contributed by atoms with E-state index in [2.05, 4.69) is 35.1 Å². The van der Waals surface area contributed by atoms with E-state index >= 15 is 0 Å². The number of nitrogens with one attached hydrogen (secondary N) is 4. The van der Waals surface area contributed by atoms with Gasteiger partial charge in [-0.05, 0) is 62.4 Å². The van der Waals surface area contributed by atoms with Crippen LogP contribution in [0.25, 0.3) is 0 Å². The van der Waals surface area contributed by atoms with Crippen molar-refractivity contribution in [1.29, 1.82) is 0 Å². The van der Waals surface area contributed by atoms with E-state index in [1.165, 1.54) is 23.5 Å². The summed E-state index contributed by atoms with van der Waals surface area (Å²) in [5.41, 5.74) is 0. The largest absolute Gasteiger partial charge is 0.356 e. The van der Waals surface area contributed by atoms with Gasteiger partial charge in [-0.15, -0.1) is 23.5 Å². The first-order chi connectivity index (χ1) is 19.2. The van der Waals surface area contributed by atoms with E-state index in [9.17, 15) is 28.8 Å². The Labute approximate surface area is 246 Å². The Balaban J connectivity index is 1.43. The summed E-state index contributed by atoms with van der Waals surface area (Å²) in [6, 6.07) is 0.114. The summed E-state index contributed by atoms with van der Waals surface area (Å²) in [5.74, 6) is 1.30. The van der Waals surface area contributed by atoms with Crippen molar-refractivity contribution in [3.63, 3.8) is 0 Å². The zero-order chi connectivity index (χ0) is 29.3. The van der Waals surface area contributed by atoms with Gasteiger partial charge < -0.3 is 10.6 Å². The lowest BCUT2D eigenvalue weighted by Crippen LogP contribution is -2.38. The fourth-order valence-electron chi connectivity index (χ4n) is 4.57. The number of hydrogen-bond donors (Lipinski definition) is 4. The van der Waals surface area contributed by atoms with Crippen LogP contribution in [0.3, 0.4) is 0 Å². The van der Waals surface area contributed by atoms with Gasteiger partial charge in [-0.25, -0.2) is 0 Å².